The van der Waals surface area contributed by atoms with Crippen molar-refractivity contribution in [2.75, 3.05) is 27.3 Å². The summed E-state index contributed by atoms with van der Waals surface area (Å²) in [7, 11) is 3.13. The third-order valence-corrected chi connectivity index (χ3v) is 10.5. The first-order valence-electron chi connectivity index (χ1n) is 18.5. The number of methoxy groups -OCH3 is 2. The van der Waals surface area contributed by atoms with Crippen LogP contribution in [0.4, 0.5) is 0 Å². The fourth-order valence-corrected chi connectivity index (χ4v) is 7.70. The SMILES string of the molecule is C=C1C[C@@H](c2nc3ccc(C#Cc4ccc(-c5cnc([C@@H]6CCCN6C(=O)C(OC)c6ccccc6)[nH]5)cc4)cc3[nH]2)N(C(=O)C(OC)c2ccccc2)C1. The highest BCUT2D eigenvalue weighted by Gasteiger charge is 2.38. The van der Waals surface area contributed by atoms with Gasteiger partial charge in [0.2, 0.25) is 0 Å². The molecule has 4 heterocycles. The van der Waals surface area contributed by atoms with Crippen LogP contribution in [0, 0.1) is 11.8 Å². The van der Waals surface area contributed by atoms with Crippen LogP contribution < -0.4 is 0 Å². The smallest absolute Gasteiger partial charge is 0.257 e. The predicted molar refractivity (Wildman–Crippen MR) is 210 cm³/mol. The van der Waals surface area contributed by atoms with Crippen molar-refractivity contribution in [3.8, 4) is 23.1 Å². The van der Waals surface area contributed by atoms with Crippen LogP contribution in [0.5, 0.6) is 0 Å². The minimum atomic E-state index is -0.707. The molecule has 0 radical (unpaired) electrons. The van der Waals surface area contributed by atoms with Gasteiger partial charge in [0.05, 0.1) is 35.0 Å². The summed E-state index contributed by atoms with van der Waals surface area (Å²) in [6.07, 6.45) is 2.83. The number of hydrogen-bond acceptors (Lipinski definition) is 6. The van der Waals surface area contributed by atoms with E-state index in [-0.39, 0.29) is 23.9 Å². The molecule has 10 nitrogen and oxygen atoms in total. The van der Waals surface area contributed by atoms with E-state index < -0.39 is 12.2 Å². The standard InChI is InChI=1S/C45H42N6O4/c1-29-25-39(51(28-29)45(53)41(55-3)34-13-8-5-9-14-34)43-47-35-23-20-31(26-36(35)48-43)17-16-30-18-21-32(22-19-30)37-27-46-42(49-37)38-15-10-24-50(38)44(52)40(54-2)33-11-6-4-7-12-33/h4-9,11-14,18-23,26-27,38-41H,1,10,15,24-25,28H2,2-3H3,(H,46,49)(H,47,48)/t38-,39-,40?,41?/m0/s1. The van der Waals surface area contributed by atoms with Gasteiger partial charge in [0.15, 0.2) is 12.2 Å². The van der Waals surface area contributed by atoms with Crippen molar-refractivity contribution >= 4 is 22.8 Å². The number of nitrogens with zero attached hydrogens (tertiary/aromatic N) is 4. The molecule has 2 aromatic heterocycles. The van der Waals surface area contributed by atoms with Gasteiger partial charge in [-0.25, -0.2) is 9.97 Å². The Labute approximate surface area is 320 Å². The Kier molecular flexibility index (Phi) is 10.1. The average molecular weight is 731 g/mol. The highest BCUT2D eigenvalue weighted by molar-refractivity contribution is 5.84. The van der Waals surface area contributed by atoms with Gasteiger partial charge in [-0.1, -0.05) is 96.8 Å². The van der Waals surface area contributed by atoms with E-state index in [9.17, 15) is 9.59 Å². The van der Waals surface area contributed by atoms with E-state index in [1.54, 1.807) is 14.2 Å². The topological polar surface area (TPSA) is 116 Å². The Balaban J connectivity index is 0.947. The fourth-order valence-electron chi connectivity index (χ4n) is 7.70. The number of carbonyl (C=O) groups is 2. The van der Waals surface area contributed by atoms with E-state index in [1.807, 2.05) is 119 Å². The van der Waals surface area contributed by atoms with Crippen LogP contribution >= 0.6 is 0 Å². The molecule has 4 atom stereocenters. The number of amides is 2. The van der Waals surface area contributed by atoms with Crippen LogP contribution in [0.3, 0.4) is 0 Å². The summed E-state index contributed by atoms with van der Waals surface area (Å²) in [6.45, 7) is 5.31. The lowest BCUT2D eigenvalue weighted by Gasteiger charge is -2.27. The van der Waals surface area contributed by atoms with Crippen LogP contribution in [0.15, 0.2) is 121 Å². The molecule has 0 aliphatic carbocycles. The largest absolute Gasteiger partial charge is 0.367 e. The first-order chi connectivity index (χ1) is 26.9. The first kappa shape index (κ1) is 35.7. The van der Waals surface area contributed by atoms with Crippen molar-refractivity contribution in [3.05, 3.63) is 155 Å². The van der Waals surface area contributed by atoms with Crippen LogP contribution in [-0.4, -0.2) is 68.9 Å². The molecule has 2 unspecified atom stereocenters. The zero-order valence-electron chi connectivity index (χ0n) is 30.9. The van der Waals surface area contributed by atoms with Gasteiger partial charge in [-0.05, 0) is 66.3 Å². The highest BCUT2D eigenvalue weighted by atomic mass is 16.5. The lowest BCUT2D eigenvalue weighted by Crippen LogP contribution is -2.36. The molecule has 55 heavy (non-hydrogen) atoms. The number of hydrogen-bond donors (Lipinski definition) is 2. The molecule has 4 aromatic carbocycles. The number of benzene rings is 4. The average Bonchev–Trinajstić information content (AvgIpc) is 4.05. The summed E-state index contributed by atoms with van der Waals surface area (Å²) < 4.78 is 11.3. The second-order valence-corrected chi connectivity index (χ2v) is 14.0. The summed E-state index contributed by atoms with van der Waals surface area (Å²) in [5, 5.41) is 0. The predicted octanol–water partition coefficient (Wildman–Crippen LogP) is 7.62. The van der Waals surface area contributed by atoms with Crippen LogP contribution in [-0.2, 0) is 19.1 Å². The zero-order chi connectivity index (χ0) is 37.9. The maximum absolute atomic E-state index is 13.7. The monoisotopic (exact) mass is 730 g/mol. The van der Waals surface area contributed by atoms with Crippen LogP contribution in [0.1, 0.15) is 77.5 Å². The summed E-state index contributed by atoms with van der Waals surface area (Å²) in [5.74, 6) is 7.89. The maximum atomic E-state index is 13.7. The van der Waals surface area contributed by atoms with Gasteiger partial charge in [0.1, 0.15) is 11.6 Å². The third-order valence-electron chi connectivity index (χ3n) is 10.5. The van der Waals surface area contributed by atoms with Gasteiger partial charge >= 0.3 is 0 Å². The number of likely N-dealkylation sites (tertiary alicyclic amines) is 2. The number of rotatable bonds is 9. The number of aromatic amines is 2. The summed E-state index contributed by atoms with van der Waals surface area (Å²) in [5.41, 5.74) is 7.85. The molecule has 6 aromatic rings. The van der Waals surface area contributed by atoms with Crippen molar-refractivity contribution in [2.45, 2.75) is 43.6 Å². The first-order valence-corrected chi connectivity index (χ1v) is 18.5. The Hall–Kier alpha value is -6.28. The minimum absolute atomic E-state index is 0.0532. The van der Waals surface area contributed by atoms with Crippen molar-refractivity contribution in [3.63, 3.8) is 0 Å². The molecule has 2 saturated heterocycles. The Morgan fingerprint density at radius 1 is 0.782 bits per heavy atom. The fraction of sp³-hybridized carbons (Fsp3) is 0.244. The van der Waals surface area contributed by atoms with Crippen molar-refractivity contribution in [2.24, 2.45) is 0 Å². The van der Waals surface area contributed by atoms with E-state index in [0.29, 0.717) is 25.3 Å². The molecule has 2 aliphatic rings. The second-order valence-electron chi connectivity index (χ2n) is 14.0. The van der Waals surface area contributed by atoms with Crippen molar-refractivity contribution in [1.82, 2.24) is 29.7 Å². The number of aromatic nitrogens is 4. The lowest BCUT2D eigenvalue weighted by molar-refractivity contribution is -0.144. The Bertz CT molecular complexity index is 2390. The second kappa shape index (κ2) is 15.6. The molecule has 2 N–H and O–H groups in total. The molecule has 2 amide bonds. The minimum Gasteiger partial charge on any atom is -0.367 e. The summed E-state index contributed by atoms with van der Waals surface area (Å²) >= 11 is 0. The molecule has 8 rings (SSSR count). The number of imidazole rings is 2. The van der Waals surface area contributed by atoms with Crippen LogP contribution in [0.25, 0.3) is 22.3 Å². The molecular formula is C45H42N6O4. The van der Waals surface area contributed by atoms with Crippen molar-refractivity contribution in [1.29, 1.82) is 0 Å². The highest BCUT2D eigenvalue weighted by Crippen LogP contribution is 2.37. The van der Waals surface area contributed by atoms with Gasteiger partial charge in [-0.15, -0.1) is 0 Å². The number of ether oxygens (including phenoxy) is 2. The zero-order valence-corrected chi connectivity index (χ0v) is 30.9. The molecule has 2 fully saturated rings. The van der Waals surface area contributed by atoms with Gasteiger partial charge in [-0.2, -0.15) is 0 Å². The molecular weight excluding hydrogens is 689 g/mol. The Morgan fingerprint density at radius 3 is 2.09 bits per heavy atom. The van der Waals surface area contributed by atoms with Gasteiger partial charge in [-0.3, -0.25) is 9.59 Å². The van der Waals surface area contributed by atoms with Crippen molar-refractivity contribution < 1.29 is 19.1 Å². The lowest BCUT2D eigenvalue weighted by atomic mass is 10.1. The summed E-state index contributed by atoms with van der Waals surface area (Å²) in [6, 6.07) is 32.7. The third kappa shape index (κ3) is 7.32. The van der Waals surface area contributed by atoms with E-state index in [0.717, 1.165) is 68.8 Å². The quantitative estimate of drug-likeness (QED) is 0.117. The number of H-pyrrole nitrogens is 2. The van der Waals surface area contributed by atoms with Gasteiger partial charge < -0.3 is 29.2 Å². The molecule has 2 aliphatic heterocycles. The molecule has 0 bridgehead atoms. The normalized spacial score (nSPS) is 18.0. The van der Waals surface area contributed by atoms with Gasteiger partial charge in [0.25, 0.3) is 11.8 Å². The number of nitrogens with one attached hydrogen (secondary N) is 2. The molecule has 0 saturated carbocycles. The van der Waals surface area contributed by atoms with E-state index in [1.165, 1.54) is 0 Å². The van der Waals surface area contributed by atoms with Gasteiger partial charge in [0, 0.05) is 38.4 Å². The van der Waals surface area contributed by atoms with E-state index >= 15 is 0 Å². The number of carbonyl (C=O) groups excluding carboxylic acids is 2. The molecule has 0 spiro atoms. The maximum Gasteiger partial charge on any atom is 0.257 e. The number of fused-ring (bicyclic) bond motifs is 1. The molecule has 276 valence electrons. The summed E-state index contributed by atoms with van der Waals surface area (Å²) in [4.78, 5) is 47.5. The molecule has 10 heteroatoms. The van der Waals surface area contributed by atoms with E-state index in [2.05, 4.69) is 28.4 Å². The van der Waals surface area contributed by atoms with E-state index in [4.69, 9.17) is 19.4 Å². The Morgan fingerprint density at radius 2 is 1.42 bits per heavy atom. The van der Waals surface area contributed by atoms with Crippen LogP contribution in [0.2, 0.25) is 0 Å².